The van der Waals surface area contributed by atoms with E-state index in [4.69, 9.17) is 4.74 Å². The second-order valence-electron chi connectivity index (χ2n) is 5.39. The highest BCUT2D eigenvalue weighted by Gasteiger charge is 2.18. The summed E-state index contributed by atoms with van der Waals surface area (Å²) in [6.07, 6.45) is 7.63. The van der Waals surface area contributed by atoms with E-state index in [1.165, 1.54) is 38.5 Å². The number of hydrogen-bond donors (Lipinski definition) is 0. The first kappa shape index (κ1) is 13.3. The third kappa shape index (κ3) is 3.44. The van der Waals surface area contributed by atoms with Crippen LogP contribution in [0.1, 0.15) is 69.8 Å². The van der Waals surface area contributed by atoms with Crippen LogP contribution in [0.5, 0.6) is 5.88 Å². The SMILES string of the molecule is CCCC(C)c1cc(OC2CCCC2)nc(C)n1. The van der Waals surface area contributed by atoms with Gasteiger partial charge in [0, 0.05) is 6.07 Å². The summed E-state index contributed by atoms with van der Waals surface area (Å²) in [5, 5.41) is 0. The van der Waals surface area contributed by atoms with Crippen molar-refractivity contribution in [3.8, 4) is 5.88 Å². The summed E-state index contributed by atoms with van der Waals surface area (Å²) in [5.41, 5.74) is 1.12. The van der Waals surface area contributed by atoms with Gasteiger partial charge in [0.25, 0.3) is 0 Å². The summed E-state index contributed by atoms with van der Waals surface area (Å²) in [5.74, 6) is 2.08. The van der Waals surface area contributed by atoms with E-state index in [2.05, 4.69) is 23.8 Å². The number of aryl methyl sites for hydroxylation is 1. The standard InChI is InChI=1S/C15H24N2O/c1-4-7-11(2)14-10-15(17-12(3)16-14)18-13-8-5-6-9-13/h10-11,13H,4-9H2,1-3H3. The molecule has 1 aromatic rings. The molecule has 1 atom stereocenters. The summed E-state index contributed by atoms with van der Waals surface area (Å²) in [6.45, 7) is 6.38. The highest BCUT2D eigenvalue weighted by atomic mass is 16.5. The fourth-order valence-electron chi connectivity index (χ4n) is 2.63. The Hall–Kier alpha value is -1.12. The first-order valence-corrected chi connectivity index (χ1v) is 7.21. The third-order valence-corrected chi connectivity index (χ3v) is 3.65. The smallest absolute Gasteiger partial charge is 0.217 e. The lowest BCUT2D eigenvalue weighted by Crippen LogP contribution is -2.13. The monoisotopic (exact) mass is 248 g/mol. The predicted molar refractivity (Wildman–Crippen MR) is 73.0 cm³/mol. The number of hydrogen-bond acceptors (Lipinski definition) is 3. The van der Waals surface area contributed by atoms with Crippen LogP contribution in [0.25, 0.3) is 0 Å². The zero-order chi connectivity index (χ0) is 13.0. The van der Waals surface area contributed by atoms with Crippen LogP contribution < -0.4 is 4.74 Å². The molecule has 100 valence electrons. The molecule has 0 N–H and O–H groups in total. The van der Waals surface area contributed by atoms with Gasteiger partial charge in [0.2, 0.25) is 5.88 Å². The average molecular weight is 248 g/mol. The Morgan fingerprint density at radius 2 is 2.06 bits per heavy atom. The second kappa shape index (κ2) is 6.17. The van der Waals surface area contributed by atoms with E-state index in [0.29, 0.717) is 12.0 Å². The second-order valence-corrected chi connectivity index (χ2v) is 5.39. The minimum atomic E-state index is 0.369. The topological polar surface area (TPSA) is 35.0 Å². The molecule has 1 fully saturated rings. The molecule has 1 unspecified atom stereocenters. The van der Waals surface area contributed by atoms with Crippen molar-refractivity contribution in [1.29, 1.82) is 0 Å². The maximum atomic E-state index is 5.97. The Morgan fingerprint density at radius 1 is 1.33 bits per heavy atom. The number of ether oxygens (including phenoxy) is 1. The molecule has 0 radical (unpaired) electrons. The van der Waals surface area contributed by atoms with Crippen LogP contribution in [0.2, 0.25) is 0 Å². The summed E-state index contributed by atoms with van der Waals surface area (Å²) >= 11 is 0. The minimum Gasteiger partial charge on any atom is -0.474 e. The molecule has 1 heterocycles. The molecule has 1 aromatic heterocycles. The largest absolute Gasteiger partial charge is 0.474 e. The highest BCUT2D eigenvalue weighted by Crippen LogP contribution is 2.26. The molecule has 0 saturated heterocycles. The summed E-state index contributed by atoms with van der Waals surface area (Å²) in [7, 11) is 0. The van der Waals surface area contributed by atoms with E-state index in [9.17, 15) is 0 Å². The Morgan fingerprint density at radius 3 is 2.72 bits per heavy atom. The molecule has 1 saturated carbocycles. The number of nitrogens with zero attached hydrogens (tertiary/aromatic N) is 2. The van der Waals surface area contributed by atoms with E-state index in [1.807, 2.05) is 13.0 Å². The Kier molecular flexibility index (Phi) is 4.56. The van der Waals surface area contributed by atoms with Crippen LogP contribution in [0.15, 0.2) is 6.07 Å². The molecule has 3 nitrogen and oxygen atoms in total. The fraction of sp³-hybridized carbons (Fsp3) is 0.733. The summed E-state index contributed by atoms with van der Waals surface area (Å²) in [4.78, 5) is 8.94. The summed E-state index contributed by atoms with van der Waals surface area (Å²) < 4.78 is 5.97. The van der Waals surface area contributed by atoms with Gasteiger partial charge in [-0.05, 0) is 44.9 Å². The van der Waals surface area contributed by atoms with Crippen LogP contribution in [-0.2, 0) is 0 Å². The van der Waals surface area contributed by atoms with E-state index < -0.39 is 0 Å². The van der Waals surface area contributed by atoms with Gasteiger partial charge in [-0.25, -0.2) is 4.98 Å². The average Bonchev–Trinajstić information content (AvgIpc) is 2.81. The Balaban J connectivity index is 2.09. The van der Waals surface area contributed by atoms with E-state index in [1.54, 1.807) is 0 Å². The zero-order valence-electron chi connectivity index (χ0n) is 11.8. The van der Waals surface area contributed by atoms with Crippen molar-refractivity contribution in [2.24, 2.45) is 0 Å². The molecule has 0 aliphatic heterocycles. The maximum absolute atomic E-state index is 5.97. The van der Waals surface area contributed by atoms with Crippen LogP contribution in [-0.4, -0.2) is 16.1 Å². The van der Waals surface area contributed by atoms with Crippen molar-refractivity contribution in [3.05, 3.63) is 17.6 Å². The van der Waals surface area contributed by atoms with Crippen molar-refractivity contribution in [3.63, 3.8) is 0 Å². The normalized spacial score (nSPS) is 17.9. The fourth-order valence-corrected chi connectivity index (χ4v) is 2.63. The van der Waals surface area contributed by atoms with Gasteiger partial charge in [-0.1, -0.05) is 20.3 Å². The predicted octanol–water partition coefficient (Wildman–Crippen LogP) is 4.01. The molecule has 3 heteroatoms. The Labute approximate surface area is 110 Å². The quantitative estimate of drug-likeness (QED) is 0.789. The van der Waals surface area contributed by atoms with Gasteiger partial charge in [0.05, 0.1) is 5.69 Å². The van der Waals surface area contributed by atoms with Crippen LogP contribution in [0.4, 0.5) is 0 Å². The van der Waals surface area contributed by atoms with Gasteiger partial charge in [0.1, 0.15) is 11.9 Å². The minimum absolute atomic E-state index is 0.369. The van der Waals surface area contributed by atoms with Gasteiger partial charge in [-0.3, -0.25) is 0 Å². The van der Waals surface area contributed by atoms with Gasteiger partial charge in [0.15, 0.2) is 0 Å². The molecule has 1 aliphatic rings. The summed E-state index contributed by atoms with van der Waals surface area (Å²) in [6, 6.07) is 2.03. The first-order valence-electron chi connectivity index (χ1n) is 7.21. The molecular weight excluding hydrogens is 224 g/mol. The van der Waals surface area contributed by atoms with Crippen molar-refractivity contribution in [2.75, 3.05) is 0 Å². The molecule has 0 aromatic carbocycles. The first-order chi connectivity index (χ1) is 8.69. The van der Waals surface area contributed by atoms with E-state index >= 15 is 0 Å². The van der Waals surface area contributed by atoms with Crippen molar-refractivity contribution >= 4 is 0 Å². The van der Waals surface area contributed by atoms with Gasteiger partial charge in [-0.2, -0.15) is 4.98 Å². The lowest BCUT2D eigenvalue weighted by atomic mass is 10.0. The molecule has 2 rings (SSSR count). The molecular formula is C15H24N2O. The number of aromatic nitrogens is 2. The van der Waals surface area contributed by atoms with Crippen LogP contribution >= 0.6 is 0 Å². The molecule has 0 spiro atoms. The highest BCUT2D eigenvalue weighted by molar-refractivity contribution is 5.19. The number of rotatable bonds is 5. The lowest BCUT2D eigenvalue weighted by Gasteiger charge is -2.15. The zero-order valence-corrected chi connectivity index (χ0v) is 11.8. The molecule has 0 bridgehead atoms. The molecule has 18 heavy (non-hydrogen) atoms. The van der Waals surface area contributed by atoms with Crippen LogP contribution in [0, 0.1) is 6.92 Å². The Bertz CT molecular complexity index is 386. The van der Waals surface area contributed by atoms with Crippen molar-refractivity contribution in [2.45, 2.75) is 71.3 Å². The molecule has 0 amide bonds. The van der Waals surface area contributed by atoms with Gasteiger partial charge in [-0.15, -0.1) is 0 Å². The third-order valence-electron chi connectivity index (χ3n) is 3.65. The molecule has 1 aliphatic carbocycles. The van der Waals surface area contributed by atoms with Crippen molar-refractivity contribution in [1.82, 2.24) is 9.97 Å². The van der Waals surface area contributed by atoms with Gasteiger partial charge < -0.3 is 4.74 Å². The van der Waals surface area contributed by atoms with E-state index in [-0.39, 0.29) is 0 Å². The maximum Gasteiger partial charge on any atom is 0.217 e. The van der Waals surface area contributed by atoms with E-state index in [0.717, 1.165) is 17.4 Å². The lowest BCUT2D eigenvalue weighted by molar-refractivity contribution is 0.200. The van der Waals surface area contributed by atoms with Crippen molar-refractivity contribution < 1.29 is 4.74 Å². The van der Waals surface area contributed by atoms with Crippen LogP contribution in [0.3, 0.4) is 0 Å². The van der Waals surface area contributed by atoms with Gasteiger partial charge >= 0.3 is 0 Å².